The molecule has 1 aromatic heterocycles. The smallest absolute Gasteiger partial charge is 0.131 e. The van der Waals surface area contributed by atoms with Crippen LogP contribution in [0, 0.1) is 0 Å². The lowest BCUT2D eigenvalue weighted by molar-refractivity contribution is 0.869. The van der Waals surface area contributed by atoms with Gasteiger partial charge < -0.3 is 5.73 Å². The van der Waals surface area contributed by atoms with Crippen molar-refractivity contribution >= 4 is 28.2 Å². The number of halogens is 1. The highest BCUT2D eigenvalue weighted by Gasteiger charge is 2.10. The zero-order valence-corrected chi connectivity index (χ0v) is 9.55. The van der Waals surface area contributed by atoms with E-state index in [1.165, 1.54) is 0 Å². The van der Waals surface area contributed by atoms with Crippen LogP contribution in [0.15, 0.2) is 24.4 Å². The molecule has 0 unspecified atom stereocenters. The van der Waals surface area contributed by atoms with Gasteiger partial charge in [0.1, 0.15) is 5.82 Å². The van der Waals surface area contributed by atoms with Crippen molar-refractivity contribution < 1.29 is 0 Å². The molecular weight excluding hydrogens is 208 g/mol. The van der Waals surface area contributed by atoms with Crippen molar-refractivity contribution in [2.45, 2.75) is 19.8 Å². The predicted molar refractivity (Wildman–Crippen MR) is 65.3 cm³/mol. The monoisotopic (exact) mass is 220 g/mol. The third-order valence-corrected chi connectivity index (χ3v) is 2.86. The summed E-state index contributed by atoms with van der Waals surface area (Å²) in [6.07, 6.45) is 1.81. The molecule has 1 heterocycles. The van der Waals surface area contributed by atoms with Crippen molar-refractivity contribution in [3.63, 3.8) is 0 Å². The number of aromatic nitrogens is 1. The van der Waals surface area contributed by atoms with Crippen LogP contribution in [0.2, 0.25) is 5.02 Å². The number of anilines is 1. The van der Waals surface area contributed by atoms with Gasteiger partial charge in [-0.05, 0) is 17.5 Å². The Bertz CT molecular complexity index is 506. The van der Waals surface area contributed by atoms with Gasteiger partial charge in [-0.1, -0.05) is 37.6 Å². The van der Waals surface area contributed by atoms with Crippen LogP contribution in [0.1, 0.15) is 25.3 Å². The highest BCUT2D eigenvalue weighted by atomic mass is 35.5. The molecule has 3 heteroatoms. The maximum atomic E-state index is 6.19. The Labute approximate surface area is 94.1 Å². The van der Waals surface area contributed by atoms with Crippen molar-refractivity contribution in [3.8, 4) is 0 Å². The molecule has 1 aromatic carbocycles. The number of rotatable bonds is 1. The highest BCUT2D eigenvalue weighted by molar-refractivity contribution is 6.36. The van der Waals surface area contributed by atoms with Gasteiger partial charge in [0.15, 0.2) is 0 Å². The summed E-state index contributed by atoms with van der Waals surface area (Å²) in [7, 11) is 0. The standard InChI is InChI=1S/C12H13ClN2/c1-7(2)9-6-15-12(14)8-4-3-5-10(13)11(8)9/h3-7H,1-2H3,(H2,14,15). The van der Waals surface area contributed by atoms with Gasteiger partial charge >= 0.3 is 0 Å². The predicted octanol–water partition coefficient (Wildman–Crippen LogP) is 3.59. The van der Waals surface area contributed by atoms with E-state index in [1.54, 1.807) is 0 Å². The van der Waals surface area contributed by atoms with Crippen LogP contribution in [0.3, 0.4) is 0 Å². The van der Waals surface area contributed by atoms with Crippen molar-refractivity contribution in [2.24, 2.45) is 0 Å². The average molecular weight is 221 g/mol. The number of fused-ring (bicyclic) bond motifs is 1. The van der Waals surface area contributed by atoms with Crippen LogP contribution in [0.25, 0.3) is 10.8 Å². The molecule has 2 N–H and O–H groups in total. The maximum absolute atomic E-state index is 6.19. The van der Waals surface area contributed by atoms with Crippen LogP contribution < -0.4 is 5.73 Å². The Kier molecular flexibility index (Phi) is 2.53. The molecular formula is C12H13ClN2. The van der Waals surface area contributed by atoms with E-state index in [1.807, 2.05) is 24.4 Å². The molecule has 0 aliphatic rings. The van der Waals surface area contributed by atoms with Gasteiger partial charge in [0.2, 0.25) is 0 Å². The topological polar surface area (TPSA) is 38.9 Å². The summed E-state index contributed by atoms with van der Waals surface area (Å²) in [4.78, 5) is 4.19. The molecule has 15 heavy (non-hydrogen) atoms. The van der Waals surface area contributed by atoms with Crippen molar-refractivity contribution in [1.29, 1.82) is 0 Å². The van der Waals surface area contributed by atoms with Gasteiger partial charge in [-0.25, -0.2) is 4.98 Å². The zero-order chi connectivity index (χ0) is 11.0. The van der Waals surface area contributed by atoms with E-state index < -0.39 is 0 Å². The number of nitrogens with two attached hydrogens (primary N) is 1. The zero-order valence-electron chi connectivity index (χ0n) is 8.79. The SMILES string of the molecule is CC(C)c1cnc(N)c2cccc(Cl)c12. The largest absolute Gasteiger partial charge is 0.383 e. The fraction of sp³-hybridized carbons (Fsp3) is 0.250. The Hall–Kier alpha value is -1.28. The molecule has 0 saturated carbocycles. The molecule has 0 atom stereocenters. The highest BCUT2D eigenvalue weighted by Crippen LogP contribution is 2.32. The summed E-state index contributed by atoms with van der Waals surface area (Å²) in [6, 6.07) is 5.73. The van der Waals surface area contributed by atoms with Crippen LogP contribution in [-0.4, -0.2) is 4.98 Å². The second-order valence-electron chi connectivity index (χ2n) is 3.92. The van der Waals surface area contributed by atoms with E-state index in [0.29, 0.717) is 11.7 Å². The molecule has 0 radical (unpaired) electrons. The normalized spacial score (nSPS) is 11.2. The molecule has 2 nitrogen and oxygen atoms in total. The second-order valence-corrected chi connectivity index (χ2v) is 4.32. The minimum atomic E-state index is 0.389. The van der Waals surface area contributed by atoms with E-state index in [0.717, 1.165) is 21.4 Å². The van der Waals surface area contributed by atoms with E-state index in [2.05, 4.69) is 18.8 Å². The number of pyridine rings is 1. The minimum Gasteiger partial charge on any atom is -0.383 e. The van der Waals surface area contributed by atoms with Gasteiger partial charge in [0, 0.05) is 22.0 Å². The first-order chi connectivity index (χ1) is 7.11. The van der Waals surface area contributed by atoms with Gasteiger partial charge in [-0.15, -0.1) is 0 Å². The number of hydrogen-bond donors (Lipinski definition) is 1. The van der Waals surface area contributed by atoms with Gasteiger partial charge in [0.05, 0.1) is 0 Å². The van der Waals surface area contributed by atoms with Crippen LogP contribution >= 0.6 is 11.6 Å². The summed E-state index contributed by atoms with van der Waals surface area (Å²) in [6.45, 7) is 4.24. The van der Waals surface area contributed by atoms with Gasteiger partial charge in [-0.3, -0.25) is 0 Å². The molecule has 0 spiro atoms. The summed E-state index contributed by atoms with van der Waals surface area (Å²) < 4.78 is 0. The Morgan fingerprint density at radius 3 is 2.73 bits per heavy atom. The molecule has 0 saturated heterocycles. The molecule has 0 amide bonds. The third kappa shape index (κ3) is 1.65. The molecule has 0 bridgehead atoms. The van der Waals surface area contributed by atoms with Crippen molar-refractivity contribution in [1.82, 2.24) is 4.98 Å². The number of nitrogens with zero attached hydrogens (tertiary/aromatic N) is 1. The molecule has 0 fully saturated rings. The van der Waals surface area contributed by atoms with Gasteiger partial charge in [-0.2, -0.15) is 0 Å². The summed E-state index contributed by atoms with van der Waals surface area (Å²) in [5.41, 5.74) is 6.97. The van der Waals surface area contributed by atoms with Crippen LogP contribution in [0.4, 0.5) is 5.82 Å². The van der Waals surface area contributed by atoms with E-state index >= 15 is 0 Å². The fourth-order valence-electron chi connectivity index (χ4n) is 1.74. The molecule has 2 aromatic rings. The Balaban J connectivity index is 2.90. The van der Waals surface area contributed by atoms with Crippen molar-refractivity contribution in [2.75, 3.05) is 5.73 Å². The number of benzene rings is 1. The van der Waals surface area contributed by atoms with Crippen molar-refractivity contribution in [3.05, 3.63) is 35.0 Å². The van der Waals surface area contributed by atoms with Gasteiger partial charge in [0.25, 0.3) is 0 Å². The van der Waals surface area contributed by atoms with E-state index in [9.17, 15) is 0 Å². The Morgan fingerprint density at radius 1 is 1.33 bits per heavy atom. The Morgan fingerprint density at radius 2 is 2.07 bits per heavy atom. The number of hydrogen-bond acceptors (Lipinski definition) is 2. The molecule has 0 aliphatic heterocycles. The first-order valence-electron chi connectivity index (χ1n) is 4.94. The summed E-state index contributed by atoms with van der Waals surface area (Å²) >= 11 is 6.19. The molecule has 0 aliphatic carbocycles. The maximum Gasteiger partial charge on any atom is 0.131 e. The van der Waals surface area contributed by atoms with E-state index in [-0.39, 0.29) is 0 Å². The average Bonchev–Trinajstić information content (AvgIpc) is 2.19. The molecule has 2 rings (SSSR count). The quantitative estimate of drug-likeness (QED) is 0.798. The number of nitrogen functional groups attached to an aromatic ring is 1. The summed E-state index contributed by atoms with van der Waals surface area (Å²) in [5.74, 6) is 0.928. The first kappa shape index (κ1) is 10.2. The minimum absolute atomic E-state index is 0.389. The second kappa shape index (κ2) is 3.70. The lowest BCUT2D eigenvalue weighted by atomic mass is 9.98. The lowest BCUT2D eigenvalue weighted by Gasteiger charge is -2.11. The van der Waals surface area contributed by atoms with E-state index in [4.69, 9.17) is 17.3 Å². The molecule has 78 valence electrons. The van der Waals surface area contributed by atoms with Crippen LogP contribution in [-0.2, 0) is 0 Å². The fourth-order valence-corrected chi connectivity index (χ4v) is 2.03. The third-order valence-electron chi connectivity index (χ3n) is 2.54. The summed E-state index contributed by atoms with van der Waals surface area (Å²) in [5, 5.41) is 2.71. The van der Waals surface area contributed by atoms with Crippen LogP contribution in [0.5, 0.6) is 0 Å². The first-order valence-corrected chi connectivity index (χ1v) is 5.31. The lowest BCUT2D eigenvalue weighted by Crippen LogP contribution is -1.97.